The average molecular weight is 179 g/mol. The Morgan fingerprint density at radius 2 is 2.38 bits per heavy atom. The first-order valence-corrected chi connectivity index (χ1v) is 5.08. The molecule has 0 saturated heterocycles. The standard InChI is InChI=1S/C10H17N3/c1-3-9-10(7-13(2)12-9)11-8-5-4-6-8/h7-8,11H,3-6H2,1-2H3. The summed E-state index contributed by atoms with van der Waals surface area (Å²) in [5.74, 6) is 0. The maximum Gasteiger partial charge on any atom is 0.0853 e. The quantitative estimate of drug-likeness (QED) is 0.768. The summed E-state index contributed by atoms with van der Waals surface area (Å²) in [6.07, 6.45) is 7.10. The summed E-state index contributed by atoms with van der Waals surface area (Å²) in [6.45, 7) is 2.15. The van der Waals surface area contributed by atoms with Crippen molar-refractivity contribution in [3.05, 3.63) is 11.9 Å². The molecule has 13 heavy (non-hydrogen) atoms. The highest BCUT2D eigenvalue weighted by molar-refractivity contribution is 5.47. The lowest BCUT2D eigenvalue weighted by molar-refractivity contribution is 0.445. The van der Waals surface area contributed by atoms with Gasteiger partial charge in [-0.05, 0) is 25.7 Å². The minimum Gasteiger partial charge on any atom is -0.380 e. The van der Waals surface area contributed by atoms with Gasteiger partial charge in [-0.2, -0.15) is 5.10 Å². The number of rotatable bonds is 3. The van der Waals surface area contributed by atoms with E-state index in [1.54, 1.807) is 0 Å². The van der Waals surface area contributed by atoms with Gasteiger partial charge in [-0.3, -0.25) is 4.68 Å². The van der Waals surface area contributed by atoms with Crippen molar-refractivity contribution in [3.8, 4) is 0 Å². The molecule has 3 heteroatoms. The maximum atomic E-state index is 4.39. The van der Waals surface area contributed by atoms with Gasteiger partial charge < -0.3 is 5.32 Å². The molecule has 2 rings (SSSR count). The van der Waals surface area contributed by atoms with E-state index in [-0.39, 0.29) is 0 Å². The largest absolute Gasteiger partial charge is 0.380 e. The monoisotopic (exact) mass is 179 g/mol. The normalized spacial score (nSPS) is 17.1. The van der Waals surface area contributed by atoms with Crippen LogP contribution in [0, 0.1) is 0 Å². The molecule has 0 bridgehead atoms. The van der Waals surface area contributed by atoms with Crippen LogP contribution in [0.5, 0.6) is 0 Å². The minimum atomic E-state index is 0.703. The topological polar surface area (TPSA) is 29.9 Å². The number of aromatic nitrogens is 2. The third-order valence-electron chi connectivity index (χ3n) is 2.70. The molecule has 1 fully saturated rings. The first-order chi connectivity index (χ1) is 6.29. The molecule has 1 aliphatic carbocycles. The smallest absolute Gasteiger partial charge is 0.0853 e. The Kier molecular flexibility index (Phi) is 2.25. The number of hydrogen-bond acceptors (Lipinski definition) is 2. The average Bonchev–Trinajstić information content (AvgIpc) is 2.38. The molecule has 1 aliphatic rings. The Bertz CT molecular complexity index is 286. The first-order valence-electron chi connectivity index (χ1n) is 5.08. The second kappa shape index (κ2) is 3.40. The second-order valence-electron chi connectivity index (χ2n) is 3.79. The van der Waals surface area contributed by atoms with Gasteiger partial charge in [0, 0.05) is 19.3 Å². The number of aryl methyl sites for hydroxylation is 2. The van der Waals surface area contributed by atoms with E-state index in [1.165, 1.54) is 30.6 Å². The van der Waals surface area contributed by atoms with E-state index in [1.807, 2.05) is 11.7 Å². The summed E-state index contributed by atoms with van der Waals surface area (Å²) in [5.41, 5.74) is 2.42. The predicted octanol–water partition coefficient (Wildman–Crippen LogP) is 1.95. The zero-order valence-electron chi connectivity index (χ0n) is 8.38. The fraction of sp³-hybridized carbons (Fsp3) is 0.700. The summed E-state index contributed by atoms with van der Waals surface area (Å²) >= 11 is 0. The fourth-order valence-corrected chi connectivity index (χ4v) is 1.69. The van der Waals surface area contributed by atoms with Crippen molar-refractivity contribution in [1.29, 1.82) is 0 Å². The molecule has 0 atom stereocenters. The Morgan fingerprint density at radius 3 is 2.92 bits per heavy atom. The van der Waals surface area contributed by atoms with E-state index >= 15 is 0 Å². The van der Waals surface area contributed by atoms with Gasteiger partial charge in [0.2, 0.25) is 0 Å². The fourth-order valence-electron chi connectivity index (χ4n) is 1.69. The number of nitrogens with zero attached hydrogens (tertiary/aromatic N) is 2. The highest BCUT2D eigenvalue weighted by atomic mass is 15.3. The van der Waals surface area contributed by atoms with Gasteiger partial charge in [-0.15, -0.1) is 0 Å². The summed E-state index contributed by atoms with van der Waals surface area (Å²) in [6, 6.07) is 0.703. The van der Waals surface area contributed by atoms with Gasteiger partial charge in [0.05, 0.1) is 11.4 Å². The Hall–Kier alpha value is -0.990. The van der Waals surface area contributed by atoms with Crippen molar-refractivity contribution >= 4 is 5.69 Å². The molecule has 1 saturated carbocycles. The molecule has 1 heterocycles. The van der Waals surface area contributed by atoms with Gasteiger partial charge in [0.1, 0.15) is 0 Å². The minimum absolute atomic E-state index is 0.703. The SMILES string of the molecule is CCc1nn(C)cc1NC1CCC1. The second-order valence-corrected chi connectivity index (χ2v) is 3.79. The van der Waals surface area contributed by atoms with Gasteiger partial charge in [0.25, 0.3) is 0 Å². The molecule has 3 nitrogen and oxygen atoms in total. The van der Waals surface area contributed by atoms with Crippen LogP contribution in [0.25, 0.3) is 0 Å². The zero-order chi connectivity index (χ0) is 9.26. The highest BCUT2D eigenvalue weighted by Crippen LogP contribution is 2.24. The molecule has 0 amide bonds. The molecule has 72 valence electrons. The zero-order valence-corrected chi connectivity index (χ0v) is 8.38. The van der Waals surface area contributed by atoms with Crippen molar-refractivity contribution in [3.63, 3.8) is 0 Å². The molecular weight excluding hydrogens is 162 g/mol. The number of hydrogen-bond donors (Lipinski definition) is 1. The molecule has 1 aromatic rings. The molecule has 0 spiro atoms. The number of anilines is 1. The van der Waals surface area contributed by atoms with Crippen molar-refractivity contribution in [1.82, 2.24) is 9.78 Å². The van der Waals surface area contributed by atoms with Crippen LogP contribution in [0.1, 0.15) is 31.9 Å². The van der Waals surface area contributed by atoms with E-state index in [0.29, 0.717) is 6.04 Å². The lowest BCUT2D eigenvalue weighted by Crippen LogP contribution is -2.27. The van der Waals surface area contributed by atoms with Crippen LogP contribution in [0.4, 0.5) is 5.69 Å². The van der Waals surface area contributed by atoms with E-state index < -0.39 is 0 Å². The van der Waals surface area contributed by atoms with Crippen LogP contribution in [-0.2, 0) is 13.5 Å². The Balaban J connectivity index is 2.08. The summed E-state index contributed by atoms with van der Waals surface area (Å²) in [4.78, 5) is 0. The third kappa shape index (κ3) is 1.69. The van der Waals surface area contributed by atoms with E-state index in [4.69, 9.17) is 0 Å². The molecule has 0 radical (unpaired) electrons. The number of nitrogens with one attached hydrogen (secondary N) is 1. The Morgan fingerprint density at radius 1 is 1.62 bits per heavy atom. The molecule has 0 aliphatic heterocycles. The van der Waals surface area contributed by atoms with Crippen LogP contribution in [0.2, 0.25) is 0 Å². The van der Waals surface area contributed by atoms with Crippen molar-refractivity contribution in [2.24, 2.45) is 7.05 Å². The van der Waals surface area contributed by atoms with Gasteiger partial charge in [-0.1, -0.05) is 6.92 Å². The molecule has 0 unspecified atom stereocenters. The lowest BCUT2D eigenvalue weighted by atomic mass is 9.93. The van der Waals surface area contributed by atoms with E-state index in [2.05, 4.69) is 23.5 Å². The summed E-state index contributed by atoms with van der Waals surface area (Å²) in [7, 11) is 1.98. The van der Waals surface area contributed by atoms with Gasteiger partial charge >= 0.3 is 0 Å². The van der Waals surface area contributed by atoms with Crippen molar-refractivity contribution < 1.29 is 0 Å². The third-order valence-corrected chi connectivity index (χ3v) is 2.70. The van der Waals surface area contributed by atoms with Crippen LogP contribution < -0.4 is 5.32 Å². The maximum absolute atomic E-state index is 4.39. The summed E-state index contributed by atoms with van der Waals surface area (Å²) < 4.78 is 1.89. The van der Waals surface area contributed by atoms with Gasteiger partial charge in [0.15, 0.2) is 0 Å². The van der Waals surface area contributed by atoms with Crippen LogP contribution in [0.15, 0.2) is 6.20 Å². The van der Waals surface area contributed by atoms with Gasteiger partial charge in [-0.25, -0.2) is 0 Å². The summed E-state index contributed by atoms with van der Waals surface area (Å²) in [5, 5.41) is 7.93. The van der Waals surface area contributed by atoms with Crippen LogP contribution in [-0.4, -0.2) is 15.8 Å². The van der Waals surface area contributed by atoms with E-state index in [9.17, 15) is 0 Å². The van der Waals surface area contributed by atoms with Crippen LogP contribution >= 0.6 is 0 Å². The van der Waals surface area contributed by atoms with Crippen molar-refractivity contribution in [2.45, 2.75) is 38.6 Å². The highest BCUT2D eigenvalue weighted by Gasteiger charge is 2.18. The van der Waals surface area contributed by atoms with E-state index in [0.717, 1.165) is 6.42 Å². The Labute approximate surface area is 79.1 Å². The molecule has 1 N–H and O–H groups in total. The first kappa shape index (κ1) is 8.60. The molecule has 0 aromatic carbocycles. The molecule has 1 aromatic heterocycles. The molecular formula is C10H17N3. The van der Waals surface area contributed by atoms with Crippen molar-refractivity contribution in [2.75, 3.05) is 5.32 Å². The predicted molar refractivity (Wildman–Crippen MR) is 53.8 cm³/mol. The lowest BCUT2D eigenvalue weighted by Gasteiger charge is -2.27. The van der Waals surface area contributed by atoms with Crippen LogP contribution in [0.3, 0.4) is 0 Å².